The SMILES string of the molecule is C=C(OCC(O)CO)C(C)=O. The maximum Gasteiger partial charge on any atom is 0.193 e. The highest BCUT2D eigenvalue weighted by atomic mass is 16.5. The van der Waals surface area contributed by atoms with Crippen molar-refractivity contribution in [3.8, 4) is 0 Å². The summed E-state index contributed by atoms with van der Waals surface area (Å²) in [4.78, 5) is 10.5. The van der Waals surface area contributed by atoms with Gasteiger partial charge in [-0.3, -0.25) is 4.79 Å². The Morgan fingerprint density at radius 3 is 2.64 bits per heavy atom. The second kappa shape index (κ2) is 4.87. The van der Waals surface area contributed by atoms with E-state index in [1.807, 2.05) is 0 Å². The van der Waals surface area contributed by atoms with Crippen molar-refractivity contribution in [2.45, 2.75) is 13.0 Å². The van der Waals surface area contributed by atoms with E-state index in [2.05, 4.69) is 6.58 Å². The predicted octanol–water partition coefficient (Wildman–Crippen LogP) is -0.541. The summed E-state index contributed by atoms with van der Waals surface area (Å²) in [5, 5.41) is 17.1. The summed E-state index contributed by atoms with van der Waals surface area (Å²) in [6.07, 6.45) is -0.953. The zero-order valence-corrected chi connectivity index (χ0v) is 6.41. The molecular weight excluding hydrogens is 148 g/mol. The Kier molecular flexibility index (Phi) is 4.49. The van der Waals surface area contributed by atoms with E-state index in [1.54, 1.807) is 0 Å². The predicted molar refractivity (Wildman–Crippen MR) is 38.9 cm³/mol. The van der Waals surface area contributed by atoms with Gasteiger partial charge in [0.2, 0.25) is 0 Å². The molecule has 2 N–H and O–H groups in total. The average Bonchev–Trinajstić information content (AvgIpc) is 1.99. The number of hydrogen-bond acceptors (Lipinski definition) is 4. The first kappa shape index (κ1) is 10.1. The molecule has 1 unspecified atom stereocenters. The van der Waals surface area contributed by atoms with Gasteiger partial charge in [0, 0.05) is 6.92 Å². The van der Waals surface area contributed by atoms with Crippen LogP contribution in [0.15, 0.2) is 12.3 Å². The number of ether oxygens (including phenoxy) is 1. The molecule has 0 heterocycles. The quantitative estimate of drug-likeness (QED) is 0.418. The average molecular weight is 160 g/mol. The molecule has 0 aromatic heterocycles. The molecule has 0 aromatic carbocycles. The van der Waals surface area contributed by atoms with Gasteiger partial charge < -0.3 is 14.9 Å². The number of hydrogen-bond donors (Lipinski definition) is 2. The van der Waals surface area contributed by atoms with E-state index in [0.717, 1.165) is 0 Å². The highest BCUT2D eigenvalue weighted by Gasteiger charge is 2.05. The molecule has 0 spiro atoms. The molecule has 0 radical (unpaired) electrons. The van der Waals surface area contributed by atoms with E-state index in [-0.39, 0.29) is 24.8 Å². The number of aliphatic hydroxyl groups is 2. The summed E-state index contributed by atoms with van der Waals surface area (Å²) in [5.41, 5.74) is 0. The molecule has 0 aromatic rings. The minimum absolute atomic E-state index is 0.00231. The van der Waals surface area contributed by atoms with Crippen LogP contribution in [0.4, 0.5) is 0 Å². The van der Waals surface area contributed by atoms with Gasteiger partial charge >= 0.3 is 0 Å². The number of Topliss-reactive ketones (excluding diaryl/α,β-unsaturated/α-hetero) is 1. The molecule has 4 heteroatoms. The van der Waals surface area contributed by atoms with Crippen LogP contribution in [0.25, 0.3) is 0 Å². The smallest absolute Gasteiger partial charge is 0.193 e. The number of allylic oxidation sites excluding steroid dienone is 1. The molecular formula is C7H12O4. The molecule has 0 amide bonds. The van der Waals surface area contributed by atoms with Gasteiger partial charge in [-0.2, -0.15) is 0 Å². The number of ketones is 1. The van der Waals surface area contributed by atoms with Crippen LogP contribution in [0, 0.1) is 0 Å². The zero-order chi connectivity index (χ0) is 8.85. The molecule has 0 aliphatic rings. The molecule has 0 rings (SSSR count). The van der Waals surface area contributed by atoms with E-state index in [0.29, 0.717) is 0 Å². The van der Waals surface area contributed by atoms with Gasteiger partial charge in [-0.05, 0) is 0 Å². The van der Waals surface area contributed by atoms with Gasteiger partial charge in [0.25, 0.3) is 0 Å². The number of carbonyl (C=O) groups excluding carboxylic acids is 1. The Balaban J connectivity index is 3.54. The first-order chi connectivity index (χ1) is 5.07. The molecule has 0 aliphatic heterocycles. The minimum Gasteiger partial charge on any atom is -0.488 e. The van der Waals surface area contributed by atoms with E-state index >= 15 is 0 Å². The number of rotatable bonds is 5. The molecule has 4 nitrogen and oxygen atoms in total. The van der Waals surface area contributed by atoms with Gasteiger partial charge in [-0.15, -0.1) is 0 Å². The van der Waals surface area contributed by atoms with Crippen LogP contribution in [0.2, 0.25) is 0 Å². The molecule has 0 saturated carbocycles. The van der Waals surface area contributed by atoms with Crippen molar-refractivity contribution in [1.82, 2.24) is 0 Å². The van der Waals surface area contributed by atoms with E-state index in [4.69, 9.17) is 14.9 Å². The van der Waals surface area contributed by atoms with Crippen molar-refractivity contribution < 1.29 is 19.7 Å². The highest BCUT2D eigenvalue weighted by molar-refractivity contribution is 5.90. The van der Waals surface area contributed by atoms with Crippen molar-refractivity contribution in [2.75, 3.05) is 13.2 Å². The van der Waals surface area contributed by atoms with Crippen LogP contribution in [-0.4, -0.2) is 35.3 Å². The van der Waals surface area contributed by atoms with Gasteiger partial charge in [0.15, 0.2) is 11.5 Å². The first-order valence-corrected chi connectivity index (χ1v) is 3.19. The van der Waals surface area contributed by atoms with Gasteiger partial charge in [-0.1, -0.05) is 6.58 Å². The Morgan fingerprint density at radius 1 is 1.73 bits per heavy atom. The largest absolute Gasteiger partial charge is 0.488 e. The molecule has 1 atom stereocenters. The van der Waals surface area contributed by atoms with Gasteiger partial charge in [0.05, 0.1) is 6.61 Å². The molecule has 0 saturated heterocycles. The second-order valence-electron chi connectivity index (χ2n) is 2.13. The Bertz CT molecular complexity index is 153. The number of aliphatic hydroxyl groups excluding tert-OH is 2. The lowest BCUT2D eigenvalue weighted by Crippen LogP contribution is -2.20. The van der Waals surface area contributed by atoms with Crippen molar-refractivity contribution in [3.05, 3.63) is 12.3 Å². The highest BCUT2D eigenvalue weighted by Crippen LogP contribution is 1.95. The minimum atomic E-state index is -0.953. The zero-order valence-electron chi connectivity index (χ0n) is 6.41. The second-order valence-corrected chi connectivity index (χ2v) is 2.13. The van der Waals surface area contributed by atoms with Crippen LogP contribution < -0.4 is 0 Å². The Hall–Kier alpha value is -0.870. The van der Waals surface area contributed by atoms with Gasteiger partial charge in [-0.25, -0.2) is 0 Å². The summed E-state index contributed by atoms with van der Waals surface area (Å²) >= 11 is 0. The maximum atomic E-state index is 10.5. The van der Waals surface area contributed by atoms with E-state index in [9.17, 15) is 4.79 Å². The van der Waals surface area contributed by atoms with E-state index in [1.165, 1.54) is 6.92 Å². The molecule has 64 valence electrons. The summed E-state index contributed by atoms with van der Waals surface area (Å²) in [6.45, 7) is 4.12. The molecule has 0 bridgehead atoms. The third-order valence-corrected chi connectivity index (χ3v) is 1.05. The third kappa shape index (κ3) is 4.52. The van der Waals surface area contributed by atoms with Crippen LogP contribution in [0.5, 0.6) is 0 Å². The molecule has 11 heavy (non-hydrogen) atoms. The van der Waals surface area contributed by atoms with Crippen molar-refractivity contribution in [2.24, 2.45) is 0 Å². The Morgan fingerprint density at radius 2 is 2.27 bits per heavy atom. The summed E-state index contributed by atoms with van der Waals surface area (Å²) < 4.78 is 4.70. The summed E-state index contributed by atoms with van der Waals surface area (Å²) in [6, 6.07) is 0. The fourth-order valence-electron chi connectivity index (χ4n) is 0.351. The fourth-order valence-corrected chi connectivity index (χ4v) is 0.351. The molecule has 0 fully saturated rings. The van der Waals surface area contributed by atoms with Crippen LogP contribution >= 0.6 is 0 Å². The van der Waals surface area contributed by atoms with Crippen LogP contribution in [0.1, 0.15) is 6.92 Å². The summed E-state index contributed by atoms with van der Waals surface area (Å²) in [7, 11) is 0. The standard InChI is InChI=1S/C7H12O4/c1-5(9)6(2)11-4-7(10)3-8/h7-8,10H,2-4H2,1H3. The third-order valence-electron chi connectivity index (χ3n) is 1.05. The van der Waals surface area contributed by atoms with Gasteiger partial charge in [0.1, 0.15) is 12.7 Å². The topological polar surface area (TPSA) is 66.8 Å². The van der Waals surface area contributed by atoms with Crippen LogP contribution in [-0.2, 0) is 9.53 Å². The number of carbonyl (C=O) groups is 1. The first-order valence-electron chi connectivity index (χ1n) is 3.19. The Labute approximate surface area is 65.1 Å². The van der Waals surface area contributed by atoms with Crippen molar-refractivity contribution >= 4 is 5.78 Å². The van der Waals surface area contributed by atoms with Crippen molar-refractivity contribution in [1.29, 1.82) is 0 Å². The fraction of sp³-hybridized carbons (Fsp3) is 0.571. The maximum absolute atomic E-state index is 10.5. The van der Waals surface area contributed by atoms with E-state index < -0.39 is 6.10 Å². The van der Waals surface area contributed by atoms with Crippen molar-refractivity contribution in [3.63, 3.8) is 0 Å². The summed E-state index contributed by atoms with van der Waals surface area (Å²) in [5.74, 6) is -0.285. The lowest BCUT2D eigenvalue weighted by Gasteiger charge is -2.09. The normalized spacial score (nSPS) is 12.3. The van der Waals surface area contributed by atoms with Crippen LogP contribution in [0.3, 0.4) is 0 Å². The lowest BCUT2D eigenvalue weighted by molar-refractivity contribution is -0.117. The monoisotopic (exact) mass is 160 g/mol. The molecule has 0 aliphatic carbocycles. The lowest BCUT2D eigenvalue weighted by atomic mass is 10.4.